The van der Waals surface area contributed by atoms with Gasteiger partial charge >= 0.3 is 0 Å². The summed E-state index contributed by atoms with van der Waals surface area (Å²) in [6.45, 7) is 6.30. The number of nitrogens with two attached hydrogens (primary N) is 1. The molecule has 0 radical (unpaired) electrons. The molecular weight excluding hydrogens is 476 g/mol. The fraction of sp³-hybridized carbons (Fsp3) is 0.480. The van der Waals surface area contributed by atoms with Crippen LogP contribution in [0.4, 0.5) is 5.82 Å². The largest absolute Gasteiger partial charge is 0.383 e. The predicted molar refractivity (Wildman–Crippen MR) is 140 cm³/mol. The molecule has 0 saturated carbocycles. The molecule has 4 N–H and O–H groups in total. The van der Waals surface area contributed by atoms with Crippen LogP contribution in [0.15, 0.2) is 30.9 Å². The van der Waals surface area contributed by atoms with Gasteiger partial charge in [0.15, 0.2) is 5.65 Å². The quantitative estimate of drug-likeness (QED) is 0.193. The summed E-state index contributed by atoms with van der Waals surface area (Å²) in [5.74, 6) is 0.351. The first-order chi connectivity index (χ1) is 18.2. The van der Waals surface area contributed by atoms with Gasteiger partial charge in [-0.3, -0.25) is 4.79 Å². The summed E-state index contributed by atoms with van der Waals surface area (Å²) in [6, 6.07) is 3.98. The minimum absolute atomic E-state index is 0.0303. The Kier molecular flexibility index (Phi) is 9.74. The van der Waals surface area contributed by atoms with Crippen LogP contribution in [0.25, 0.3) is 33.3 Å². The summed E-state index contributed by atoms with van der Waals surface area (Å²) in [5.41, 5.74) is 9.25. The van der Waals surface area contributed by atoms with E-state index in [4.69, 9.17) is 25.0 Å². The molecule has 4 aromatic heterocycles. The molecule has 0 saturated heterocycles. The number of fused-ring (bicyclic) bond motifs is 2. The monoisotopic (exact) mass is 510 g/mol. The van der Waals surface area contributed by atoms with Gasteiger partial charge in [-0.05, 0) is 31.9 Å². The van der Waals surface area contributed by atoms with E-state index in [0.717, 1.165) is 29.4 Å². The van der Waals surface area contributed by atoms with Gasteiger partial charge in [0.1, 0.15) is 23.5 Å². The number of anilines is 1. The highest BCUT2D eigenvalue weighted by molar-refractivity contribution is 5.99. The van der Waals surface area contributed by atoms with Crippen molar-refractivity contribution in [2.24, 2.45) is 0 Å². The molecule has 37 heavy (non-hydrogen) atoms. The average molecular weight is 511 g/mol. The van der Waals surface area contributed by atoms with Crippen LogP contribution in [0.2, 0.25) is 0 Å². The molecule has 4 rings (SSSR count). The molecule has 0 aliphatic carbocycles. The number of rotatable bonds is 16. The number of hydrogen-bond donors (Lipinski definition) is 3. The minimum Gasteiger partial charge on any atom is -0.383 e. The van der Waals surface area contributed by atoms with Crippen molar-refractivity contribution in [1.29, 1.82) is 0 Å². The third-order valence-corrected chi connectivity index (χ3v) is 5.77. The second kappa shape index (κ2) is 13.6. The van der Waals surface area contributed by atoms with Crippen molar-refractivity contribution >= 4 is 33.8 Å². The molecule has 4 heterocycles. The number of pyridine rings is 1. The first-order valence-corrected chi connectivity index (χ1v) is 12.6. The van der Waals surface area contributed by atoms with Crippen molar-refractivity contribution in [3.63, 3.8) is 0 Å². The number of ether oxygens (including phenoxy) is 3. The highest BCUT2D eigenvalue weighted by Gasteiger charge is 2.17. The van der Waals surface area contributed by atoms with Gasteiger partial charge in [-0.2, -0.15) is 5.10 Å². The SMILES string of the molecule is CCOCCOCCOCCC(=O)NCCCCn1nc(-c2cnc3[nH]ccc3c2)c2c(N)ncnc21. The first-order valence-electron chi connectivity index (χ1n) is 12.6. The maximum atomic E-state index is 12.0. The van der Waals surface area contributed by atoms with Gasteiger partial charge in [-0.15, -0.1) is 0 Å². The number of carbonyl (C=O) groups is 1. The van der Waals surface area contributed by atoms with E-state index in [1.54, 1.807) is 6.20 Å². The van der Waals surface area contributed by atoms with Gasteiger partial charge in [-0.1, -0.05) is 0 Å². The number of nitrogens with zero attached hydrogens (tertiary/aromatic N) is 5. The lowest BCUT2D eigenvalue weighted by Gasteiger charge is -2.07. The maximum Gasteiger partial charge on any atom is 0.222 e. The molecule has 0 aliphatic rings. The number of amides is 1. The van der Waals surface area contributed by atoms with Crippen LogP contribution in [0.1, 0.15) is 26.2 Å². The van der Waals surface area contributed by atoms with Gasteiger partial charge in [0.2, 0.25) is 5.91 Å². The molecule has 4 aromatic rings. The molecule has 12 nitrogen and oxygen atoms in total. The third kappa shape index (κ3) is 7.21. The summed E-state index contributed by atoms with van der Waals surface area (Å²) in [6.07, 6.45) is 7.00. The standard InChI is InChI=1S/C25H34N8O4/c1-2-35-11-12-37-14-13-36-10-6-20(34)27-7-3-4-9-33-25-21(23(26)30-17-31-25)22(32-33)19-15-18-5-8-28-24(18)29-16-19/h5,8,15-17H,2-4,6-7,9-14H2,1H3,(H,27,34)(H,28,29)(H2,26,30,31). The van der Waals surface area contributed by atoms with Crippen LogP contribution in [-0.4, -0.2) is 81.8 Å². The fourth-order valence-corrected chi connectivity index (χ4v) is 3.91. The number of nitrogen functional groups attached to an aromatic ring is 1. The Bertz CT molecular complexity index is 1290. The van der Waals surface area contributed by atoms with Crippen molar-refractivity contribution in [3.05, 3.63) is 30.9 Å². The Balaban J connectivity index is 1.21. The van der Waals surface area contributed by atoms with Gasteiger partial charge < -0.3 is 30.2 Å². The van der Waals surface area contributed by atoms with Gasteiger partial charge in [0, 0.05) is 49.5 Å². The molecule has 0 aliphatic heterocycles. The zero-order chi connectivity index (χ0) is 25.9. The molecule has 0 bridgehead atoms. The number of H-pyrrole nitrogens is 1. The number of carbonyl (C=O) groups excluding carboxylic acids is 1. The van der Waals surface area contributed by atoms with E-state index in [2.05, 4.69) is 25.3 Å². The lowest BCUT2D eigenvalue weighted by atomic mass is 10.1. The summed E-state index contributed by atoms with van der Waals surface area (Å²) >= 11 is 0. The molecule has 198 valence electrons. The van der Waals surface area contributed by atoms with E-state index in [1.165, 1.54) is 6.33 Å². The molecule has 0 aromatic carbocycles. The smallest absolute Gasteiger partial charge is 0.222 e. The highest BCUT2D eigenvalue weighted by atomic mass is 16.5. The summed E-state index contributed by atoms with van der Waals surface area (Å²) in [4.78, 5) is 28.2. The molecule has 12 heteroatoms. The van der Waals surface area contributed by atoms with E-state index >= 15 is 0 Å². The second-order valence-corrected chi connectivity index (χ2v) is 8.40. The number of aromatic nitrogens is 6. The summed E-state index contributed by atoms with van der Waals surface area (Å²) in [7, 11) is 0. The van der Waals surface area contributed by atoms with Crippen LogP contribution in [0.5, 0.6) is 0 Å². The Morgan fingerprint density at radius 3 is 2.73 bits per heavy atom. The fourth-order valence-electron chi connectivity index (χ4n) is 3.91. The lowest BCUT2D eigenvalue weighted by Crippen LogP contribution is -2.26. The molecule has 0 unspecified atom stereocenters. The van der Waals surface area contributed by atoms with Crippen LogP contribution < -0.4 is 11.1 Å². The molecule has 0 fully saturated rings. The Hall–Kier alpha value is -3.61. The van der Waals surface area contributed by atoms with Crippen molar-refractivity contribution < 1.29 is 19.0 Å². The summed E-state index contributed by atoms with van der Waals surface area (Å²) < 4.78 is 17.8. The Labute approximate surface area is 214 Å². The highest BCUT2D eigenvalue weighted by Crippen LogP contribution is 2.31. The number of nitrogens with one attached hydrogen (secondary N) is 2. The molecule has 0 atom stereocenters. The van der Waals surface area contributed by atoms with Crippen LogP contribution >= 0.6 is 0 Å². The predicted octanol–water partition coefficient (Wildman–Crippen LogP) is 2.31. The number of aromatic amines is 1. The van der Waals surface area contributed by atoms with E-state index in [1.807, 2.05) is 29.9 Å². The van der Waals surface area contributed by atoms with E-state index in [0.29, 0.717) is 81.7 Å². The van der Waals surface area contributed by atoms with Gasteiger partial charge in [0.25, 0.3) is 0 Å². The zero-order valence-electron chi connectivity index (χ0n) is 21.1. The van der Waals surface area contributed by atoms with Gasteiger partial charge in [-0.25, -0.2) is 19.6 Å². The van der Waals surface area contributed by atoms with Crippen LogP contribution in [0.3, 0.4) is 0 Å². The first kappa shape index (κ1) is 26.5. The summed E-state index contributed by atoms with van der Waals surface area (Å²) in [5, 5.41) is 9.43. The van der Waals surface area contributed by atoms with E-state index in [-0.39, 0.29) is 5.91 Å². The molecular formula is C25H34N8O4. The van der Waals surface area contributed by atoms with Crippen LogP contribution in [0, 0.1) is 0 Å². The second-order valence-electron chi connectivity index (χ2n) is 8.40. The lowest BCUT2D eigenvalue weighted by molar-refractivity contribution is -0.122. The van der Waals surface area contributed by atoms with E-state index in [9.17, 15) is 4.79 Å². The van der Waals surface area contributed by atoms with Crippen molar-refractivity contribution in [3.8, 4) is 11.3 Å². The van der Waals surface area contributed by atoms with Crippen molar-refractivity contribution in [2.45, 2.75) is 32.7 Å². The minimum atomic E-state index is -0.0303. The van der Waals surface area contributed by atoms with Crippen molar-refractivity contribution in [1.82, 2.24) is 35.0 Å². The third-order valence-electron chi connectivity index (χ3n) is 5.77. The maximum absolute atomic E-state index is 12.0. The zero-order valence-corrected chi connectivity index (χ0v) is 21.1. The Morgan fingerprint density at radius 1 is 1.08 bits per heavy atom. The van der Waals surface area contributed by atoms with Crippen LogP contribution in [-0.2, 0) is 25.5 Å². The van der Waals surface area contributed by atoms with Crippen molar-refractivity contribution in [2.75, 3.05) is 51.9 Å². The number of unbranched alkanes of at least 4 members (excludes halogenated alkanes) is 1. The molecule has 0 spiro atoms. The number of aryl methyl sites for hydroxylation is 1. The van der Waals surface area contributed by atoms with E-state index < -0.39 is 0 Å². The molecule has 1 amide bonds. The average Bonchev–Trinajstić information content (AvgIpc) is 3.52. The Morgan fingerprint density at radius 2 is 1.89 bits per heavy atom. The normalized spacial score (nSPS) is 11.5. The number of hydrogen-bond acceptors (Lipinski definition) is 9. The van der Waals surface area contributed by atoms with Gasteiger partial charge in [0.05, 0.1) is 38.4 Å². The topological polar surface area (TPSA) is 155 Å².